The molecule has 1 aromatic heterocycles. The van der Waals surface area contributed by atoms with Crippen molar-refractivity contribution in [2.24, 2.45) is 0 Å². The van der Waals surface area contributed by atoms with Gasteiger partial charge in [0.05, 0.1) is 5.75 Å². The topological polar surface area (TPSA) is 101 Å². The summed E-state index contributed by atoms with van der Waals surface area (Å²) in [6.07, 6.45) is 0.266. The van der Waals surface area contributed by atoms with Crippen molar-refractivity contribution in [1.29, 1.82) is 0 Å². The number of aliphatic hydroxyl groups excluding tert-OH is 1. The number of hydrogen-bond acceptors (Lipinski definition) is 8. The lowest BCUT2D eigenvalue weighted by Crippen LogP contribution is -2.32. The summed E-state index contributed by atoms with van der Waals surface area (Å²) in [5.41, 5.74) is 1.09. The molecule has 0 saturated heterocycles. The van der Waals surface area contributed by atoms with Crippen molar-refractivity contribution in [3.63, 3.8) is 0 Å². The molecule has 1 atom stereocenters. The van der Waals surface area contributed by atoms with Crippen LogP contribution in [0.5, 0.6) is 11.5 Å². The van der Waals surface area contributed by atoms with E-state index in [1.54, 1.807) is 36.0 Å². The third-order valence-electron chi connectivity index (χ3n) is 4.65. The van der Waals surface area contributed by atoms with E-state index in [0.29, 0.717) is 29.8 Å². The Balaban J connectivity index is 1.32. The van der Waals surface area contributed by atoms with Crippen LogP contribution in [0.1, 0.15) is 38.0 Å². The number of nitrogens with one attached hydrogen (secondary N) is 1. The number of phenols is 1. The SMILES string of the molecule is CC(C)(C)c1nc(CSc2ccc(CCNC[C@H](O)COc3ccc(O)cc3)cc2)no1. The number of benzene rings is 2. The van der Waals surface area contributed by atoms with Crippen molar-refractivity contribution < 1.29 is 19.5 Å². The van der Waals surface area contributed by atoms with E-state index < -0.39 is 6.10 Å². The van der Waals surface area contributed by atoms with Gasteiger partial charge < -0.3 is 24.8 Å². The van der Waals surface area contributed by atoms with E-state index in [9.17, 15) is 10.2 Å². The molecule has 0 aliphatic carbocycles. The maximum atomic E-state index is 10.0. The third-order valence-corrected chi connectivity index (χ3v) is 5.66. The lowest BCUT2D eigenvalue weighted by atomic mass is 9.97. The van der Waals surface area contributed by atoms with Crippen LogP contribution in [0.15, 0.2) is 57.9 Å². The van der Waals surface area contributed by atoms with Crippen LogP contribution in [0, 0.1) is 0 Å². The van der Waals surface area contributed by atoms with Crippen molar-refractivity contribution >= 4 is 11.8 Å². The monoisotopic (exact) mass is 457 g/mol. The number of hydrogen-bond donors (Lipinski definition) is 3. The maximum Gasteiger partial charge on any atom is 0.232 e. The molecular formula is C24H31N3O4S. The van der Waals surface area contributed by atoms with Crippen molar-refractivity contribution in [3.8, 4) is 11.5 Å². The van der Waals surface area contributed by atoms with Crippen LogP contribution in [0.2, 0.25) is 0 Å². The smallest absolute Gasteiger partial charge is 0.232 e. The third kappa shape index (κ3) is 7.85. The molecule has 172 valence electrons. The van der Waals surface area contributed by atoms with Gasteiger partial charge in [0.15, 0.2) is 5.82 Å². The first-order valence-electron chi connectivity index (χ1n) is 10.6. The Morgan fingerprint density at radius 1 is 1.09 bits per heavy atom. The average molecular weight is 458 g/mol. The molecule has 2 aromatic carbocycles. The van der Waals surface area contributed by atoms with Gasteiger partial charge in [-0.05, 0) is 54.9 Å². The van der Waals surface area contributed by atoms with Crippen LogP contribution in [-0.4, -0.2) is 46.2 Å². The van der Waals surface area contributed by atoms with Crippen molar-refractivity contribution in [2.75, 3.05) is 19.7 Å². The minimum atomic E-state index is -0.605. The van der Waals surface area contributed by atoms with E-state index in [4.69, 9.17) is 9.26 Å². The van der Waals surface area contributed by atoms with Crippen molar-refractivity contribution in [1.82, 2.24) is 15.5 Å². The largest absolute Gasteiger partial charge is 0.508 e. The van der Waals surface area contributed by atoms with Crippen LogP contribution < -0.4 is 10.1 Å². The van der Waals surface area contributed by atoms with Gasteiger partial charge in [-0.25, -0.2) is 0 Å². The fourth-order valence-electron chi connectivity index (χ4n) is 2.81. The van der Waals surface area contributed by atoms with Gasteiger partial charge in [0, 0.05) is 16.9 Å². The number of aromatic nitrogens is 2. The van der Waals surface area contributed by atoms with Crippen molar-refractivity contribution in [3.05, 3.63) is 65.8 Å². The fourth-order valence-corrected chi connectivity index (χ4v) is 3.55. The quantitative estimate of drug-likeness (QED) is 0.294. The molecule has 3 aromatic rings. The molecule has 0 fully saturated rings. The summed E-state index contributed by atoms with van der Waals surface area (Å²) in [6, 6.07) is 14.9. The van der Waals surface area contributed by atoms with Crippen molar-refractivity contribution in [2.45, 2.75) is 49.4 Å². The molecule has 0 amide bonds. The highest BCUT2D eigenvalue weighted by Crippen LogP contribution is 2.24. The first kappa shape index (κ1) is 24.1. The van der Waals surface area contributed by atoms with Gasteiger partial charge in [-0.1, -0.05) is 38.1 Å². The van der Waals surface area contributed by atoms with Gasteiger partial charge >= 0.3 is 0 Å². The second kappa shape index (κ2) is 11.4. The molecule has 3 rings (SSSR count). The molecule has 0 aliphatic heterocycles. The van der Waals surface area contributed by atoms with E-state index in [-0.39, 0.29) is 17.8 Å². The van der Waals surface area contributed by atoms with E-state index in [1.165, 1.54) is 5.56 Å². The predicted octanol–water partition coefficient (Wildman–Crippen LogP) is 3.94. The summed E-state index contributed by atoms with van der Waals surface area (Å²) in [7, 11) is 0. The Labute approximate surface area is 193 Å². The molecule has 0 saturated carbocycles. The summed E-state index contributed by atoms with van der Waals surface area (Å²) in [5, 5.41) is 26.6. The number of thioether (sulfide) groups is 1. The van der Waals surface area contributed by atoms with Gasteiger partial charge in [-0.3, -0.25) is 0 Å². The molecule has 0 aliphatic rings. The molecule has 0 bridgehead atoms. The van der Waals surface area contributed by atoms with Gasteiger partial charge in [0.2, 0.25) is 5.89 Å². The molecule has 0 radical (unpaired) electrons. The van der Waals surface area contributed by atoms with E-state index >= 15 is 0 Å². The number of aliphatic hydroxyl groups is 1. The molecule has 0 unspecified atom stereocenters. The molecule has 7 nitrogen and oxygen atoms in total. The summed E-state index contributed by atoms with van der Waals surface area (Å²) >= 11 is 1.68. The summed E-state index contributed by atoms with van der Waals surface area (Å²) < 4.78 is 10.8. The predicted molar refractivity (Wildman–Crippen MR) is 125 cm³/mol. The second-order valence-electron chi connectivity index (χ2n) is 8.61. The van der Waals surface area contributed by atoms with Gasteiger partial charge in [0.1, 0.15) is 24.2 Å². The number of ether oxygens (including phenoxy) is 1. The van der Waals surface area contributed by atoms with Gasteiger partial charge in [-0.2, -0.15) is 4.98 Å². The first-order chi connectivity index (χ1) is 15.3. The summed E-state index contributed by atoms with van der Waals surface area (Å²) in [4.78, 5) is 5.62. The molecular weight excluding hydrogens is 426 g/mol. The molecule has 8 heteroatoms. The van der Waals surface area contributed by atoms with E-state index in [2.05, 4.69) is 60.5 Å². The fraction of sp³-hybridized carbons (Fsp3) is 0.417. The Kier molecular flexibility index (Phi) is 8.55. The molecule has 32 heavy (non-hydrogen) atoms. The first-order valence-corrected chi connectivity index (χ1v) is 11.6. The molecule has 3 N–H and O–H groups in total. The normalized spacial score (nSPS) is 12.6. The highest BCUT2D eigenvalue weighted by Gasteiger charge is 2.21. The second-order valence-corrected chi connectivity index (χ2v) is 9.66. The van der Waals surface area contributed by atoms with Crippen LogP contribution in [0.3, 0.4) is 0 Å². The lowest BCUT2D eigenvalue weighted by molar-refractivity contribution is 0.106. The number of phenolic OH excluding ortho intramolecular Hbond substituents is 1. The van der Waals surface area contributed by atoms with Crippen LogP contribution >= 0.6 is 11.8 Å². The van der Waals surface area contributed by atoms with E-state index in [0.717, 1.165) is 17.9 Å². The zero-order valence-corrected chi connectivity index (χ0v) is 19.6. The Morgan fingerprint density at radius 3 is 2.47 bits per heavy atom. The number of rotatable bonds is 11. The van der Waals surface area contributed by atoms with Crippen LogP contribution in [0.4, 0.5) is 0 Å². The molecule has 0 spiro atoms. The average Bonchev–Trinajstić information content (AvgIpc) is 3.25. The zero-order valence-electron chi connectivity index (χ0n) is 18.7. The highest BCUT2D eigenvalue weighted by atomic mass is 32.2. The summed E-state index contributed by atoms with van der Waals surface area (Å²) in [5.74, 6) is 2.85. The van der Waals surface area contributed by atoms with E-state index in [1.807, 2.05) is 0 Å². The summed E-state index contributed by atoms with van der Waals surface area (Å²) in [6.45, 7) is 7.57. The maximum absolute atomic E-state index is 10.0. The highest BCUT2D eigenvalue weighted by molar-refractivity contribution is 7.98. The number of nitrogens with zero attached hydrogens (tertiary/aromatic N) is 2. The minimum Gasteiger partial charge on any atom is -0.508 e. The van der Waals surface area contributed by atoms with Gasteiger partial charge in [0.25, 0.3) is 0 Å². The van der Waals surface area contributed by atoms with Crippen LogP contribution in [0.25, 0.3) is 0 Å². The zero-order chi connectivity index (χ0) is 23.0. The lowest BCUT2D eigenvalue weighted by Gasteiger charge is -2.13. The molecule has 1 heterocycles. The van der Waals surface area contributed by atoms with Gasteiger partial charge in [-0.15, -0.1) is 11.8 Å². The Morgan fingerprint density at radius 2 is 1.81 bits per heavy atom. The number of aromatic hydroxyl groups is 1. The van der Waals surface area contributed by atoms with Crippen LogP contribution in [-0.2, 0) is 17.6 Å². The Hall–Kier alpha value is -2.55. The Bertz CT molecular complexity index is 953. The minimum absolute atomic E-state index is 0.137. The standard InChI is InChI=1S/C24H31N3O4S/c1-24(2,3)23-26-22(27-31-23)16-32-21-10-4-17(5-11-21)12-13-25-14-19(29)15-30-20-8-6-18(28)7-9-20/h4-11,19,25,28-29H,12-16H2,1-3H3/t19-/m0/s1.